The fourth-order valence-electron chi connectivity index (χ4n) is 2.50. The molecule has 1 heterocycles. The molecule has 2 unspecified atom stereocenters. The first-order valence-corrected chi connectivity index (χ1v) is 9.06. The van der Waals surface area contributed by atoms with Crippen LogP contribution in [0.4, 0.5) is 0 Å². The molecule has 0 aromatic carbocycles. The van der Waals surface area contributed by atoms with Gasteiger partial charge in [-0.2, -0.15) is 0 Å². The van der Waals surface area contributed by atoms with Crippen LogP contribution in [0, 0.1) is 0 Å². The topological polar surface area (TPSA) is 49.8 Å². The number of aliphatic carboxylic acids is 1. The summed E-state index contributed by atoms with van der Waals surface area (Å²) in [5, 5.41) is 8.51. The summed E-state index contributed by atoms with van der Waals surface area (Å²) in [6.45, 7) is 2.23. The van der Waals surface area contributed by atoms with Gasteiger partial charge in [-0.1, -0.05) is 62.6 Å². The van der Waals surface area contributed by atoms with Gasteiger partial charge in [-0.25, -0.2) is 0 Å². The molecule has 0 aliphatic carbocycles. The van der Waals surface area contributed by atoms with Crippen LogP contribution < -0.4 is 0 Å². The fourth-order valence-corrected chi connectivity index (χ4v) is 2.50. The van der Waals surface area contributed by atoms with Crippen molar-refractivity contribution in [2.24, 2.45) is 0 Å². The molecule has 0 aromatic heterocycles. The van der Waals surface area contributed by atoms with Gasteiger partial charge in [0.2, 0.25) is 0 Å². The van der Waals surface area contributed by atoms with Crippen molar-refractivity contribution >= 4 is 5.97 Å². The van der Waals surface area contributed by atoms with E-state index in [1.54, 1.807) is 0 Å². The third-order valence-electron chi connectivity index (χ3n) is 3.95. The van der Waals surface area contributed by atoms with Gasteiger partial charge in [0.15, 0.2) is 0 Å². The Bertz CT molecular complexity index is 396. The first-order chi connectivity index (χ1) is 11.2. The van der Waals surface area contributed by atoms with E-state index in [9.17, 15) is 4.79 Å². The van der Waals surface area contributed by atoms with Crippen LogP contribution in [-0.4, -0.2) is 23.3 Å². The van der Waals surface area contributed by atoms with Crippen LogP contribution in [0.1, 0.15) is 71.1 Å². The van der Waals surface area contributed by atoms with Crippen LogP contribution in [0.15, 0.2) is 36.5 Å². The first-order valence-electron chi connectivity index (χ1n) is 9.06. The maximum atomic E-state index is 10.3. The summed E-state index contributed by atoms with van der Waals surface area (Å²) in [6, 6.07) is 0. The molecule has 0 spiro atoms. The summed E-state index contributed by atoms with van der Waals surface area (Å²) in [6.07, 6.45) is 23.8. The van der Waals surface area contributed by atoms with E-state index in [2.05, 4.69) is 43.4 Å². The van der Waals surface area contributed by atoms with E-state index in [0.29, 0.717) is 12.2 Å². The fraction of sp³-hybridized carbons (Fsp3) is 0.650. The van der Waals surface area contributed by atoms with Gasteiger partial charge in [-0.05, 0) is 38.5 Å². The Morgan fingerprint density at radius 2 is 1.65 bits per heavy atom. The van der Waals surface area contributed by atoms with Gasteiger partial charge in [-0.3, -0.25) is 4.79 Å². The van der Waals surface area contributed by atoms with Crippen LogP contribution >= 0.6 is 0 Å². The van der Waals surface area contributed by atoms with E-state index >= 15 is 0 Å². The van der Waals surface area contributed by atoms with Crippen LogP contribution in [0.3, 0.4) is 0 Å². The zero-order valence-corrected chi connectivity index (χ0v) is 14.5. The number of epoxide rings is 1. The van der Waals surface area contributed by atoms with E-state index < -0.39 is 5.97 Å². The lowest BCUT2D eigenvalue weighted by molar-refractivity contribution is -0.137. The number of hydrogen-bond donors (Lipinski definition) is 1. The van der Waals surface area contributed by atoms with E-state index in [1.807, 2.05) is 0 Å². The second-order valence-corrected chi connectivity index (χ2v) is 6.12. The van der Waals surface area contributed by atoms with Gasteiger partial charge < -0.3 is 9.84 Å². The minimum absolute atomic E-state index is 0.259. The summed E-state index contributed by atoms with van der Waals surface area (Å²) in [5.41, 5.74) is 0. The molecule has 1 aliphatic heterocycles. The molecule has 3 nitrogen and oxygen atoms in total. The van der Waals surface area contributed by atoms with Crippen molar-refractivity contribution < 1.29 is 14.6 Å². The van der Waals surface area contributed by atoms with Crippen molar-refractivity contribution in [1.29, 1.82) is 0 Å². The van der Waals surface area contributed by atoms with Crippen molar-refractivity contribution in [3.63, 3.8) is 0 Å². The Labute approximate surface area is 141 Å². The molecule has 0 amide bonds. The Morgan fingerprint density at radius 3 is 2.35 bits per heavy atom. The molecule has 1 fully saturated rings. The standard InChI is InChI=1S/C20H32O3/c1-2-3-12-15-18-19(23-18)16-13-10-8-6-4-5-7-9-11-14-17-20(21)22/h4,6-7,9-10,13,18-19H,2-3,5,8,11-12,14-17H2,1H3,(H,21,22)/b6-4+,9-7+,13-10+. The largest absolute Gasteiger partial charge is 0.481 e. The molecule has 3 heteroatoms. The Kier molecular flexibility index (Phi) is 11.2. The van der Waals surface area contributed by atoms with E-state index in [4.69, 9.17) is 9.84 Å². The number of carbonyl (C=O) groups is 1. The normalized spacial score (nSPS) is 20.9. The minimum atomic E-state index is -0.714. The third kappa shape index (κ3) is 11.8. The zero-order valence-electron chi connectivity index (χ0n) is 14.5. The Balaban J connectivity index is 1.90. The van der Waals surface area contributed by atoms with Gasteiger partial charge in [0, 0.05) is 6.42 Å². The molecular weight excluding hydrogens is 288 g/mol. The maximum absolute atomic E-state index is 10.3. The molecule has 1 N–H and O–H groups in total. The van der Waals surface area contributed by atoms with Gasteiger partial charge in [-0.15, -0.1) is 0 Å². The number of hydrogen-bond acceptors (Lipinski definition) is 2. The predicted molar refractivity (Wildman–Crippen MR) is 95.6 cm³/mol. The van der Waals surface area contributed by atoms with Gasteiger partial charge >= 0.3 is 5.97 Å². The molecule has 1 aliphatic rings. The molecule has 130 valence electrons. The smallest absolute Gasteiger partial charge is 0.303 e. The lowest BCUT2D eigenvalue weighted by Gasteiger charge is -1.93. The molecule has 1 saturated heterocycles. The Morgan fingerprint density at radius 1 is 0.957 bits per heavy atom. The highest BCUT2D eigenvalue weighted by molar-refractivity contribution is 5.66. The second-order valence-electron chi connectivity index (χ2n) is 6.12. The molecule has 0 bridgehead atoms. The average molecular weight is 320 g/mol. The molecule has 0 aromatic rings. The van der Waals surface area contributed by atoms with E-state index in [-0.39, 0.29) is 6.42 Å². The van der Waals surface area contributed by atoms with Crippen LogP contribution in [0.2, 0.25) is 0 Å². The minimum Gasteiger partial charge on any atom is -0.481 e. The molecule has 23 heavy (non-hydrogen) atoms. The maximum Gasteiger partial charge on any atom is 0.303 e. The highest BCUT2D eigenvalue weighted by Crippen LogP contribution is 2.30. The summed E-state index contributed by atoms with van der Waals surface area (Å²) < 4.78 is 5.66. The van der Waals surface area contributed by atoms with Crippen molar-refractivity contribution in [3.8, 4) is 0 Å². The molecule has 0 saturated carbocycles. The van der Waals surface area contributed by atoms with Crippen LogP contribution in [-0.2, 0) is 9.53 Å². The van der Waals surface area contributed by atoms with Gasteiger partial charge in [0.05, 0.1) is 12.2 Å². The summed E-state index contributed by atoms with van der Waals surface area (Å²) in [5.74, 6) is -0.714. The number of rotatable bonds is 14. The van der Waals surface area contributed by atoms with Crippen LogP contribution in [0.25, 0.3) is 0 Å². The van der Waals surface area contributed by atoms with Crippen molar-refractivity contribution in [2.45, 2.75) is 83.3 Å². The van der Waals surface area contributed by atoms with E-state index in [1.165, 1.54) is 25.7 Å². The molecular formula is C20H32O3. The summed E-state index contributed by atoms with van der Waals surface area (Å²) >= 11 is 0. The zero-order chi connectivity index (χ0) is 16.8. The lowest BCUT2D eigenvalue weighted by atomic mass is 10.1. The van der Waals surface area contributed by atoms with E-state index in [0.717, 1.165) is 32.1 Å². The quantitative estimate of drug-likeness (QED) is 0.264. The van der Waals surface area contributed by atoms with Crippen molar-refractivity contribution in [3.05, 3.63) is 36.5 Å². The van der Waals surface area contributed by atoms with Crippen LogP contribution in [0.5, 0.6) is 0 Å². The second kappa shape index (κ2) is 13.1. The third-order valence-corrected chi connectivity index (χ3v) is 3.95. The number of allylic oxidation sites excluding steroid dienone is 5. The number of ether oxygens (including phenoxy) is 1. The highest BCUT2D eigenvalue weighted by atomic mass is 16.6. The summed E-state index contributed by atoms with van der Waals surface area (Å²) in [4.78, 5) is 10.3. The number of carboxylic acid groups (broad SMARTS) is 1. The monoisotopic (exact) mass is 320 g/mol. The molecule has 1 rings (SSSR count). The number of carboxylic acids is 1. The van der Waals surface area contributed by atoms with Gasteiger partial charge in [0.25, 0.3) is 0 Å². The molecule has 2 atom stereocenters. The average Bonchev–Trinajstić information content (AvgIpc) is 3.27. The lowest BCUT2D eigenvalue weighted by Crippen LogP contribution is -1.92. The number of unbranched alkanes of at least 4 members (excludes halogenated alkanes) is 3. The first kappa shape index (κ1) is 19.7. The van der Waals surface area contributed by atoms with Gasteiger partial charge in [0.1, 0.15) is 0 Å². The SMILES string of the molecule is CCCCCC1OC1C/C=C/C/C=C/C/C=C/CCCC(=O)O. The van der Waals surface area contributed by atoms with Crippen molar-refractivity contribution in [1.82, 2.24) is 0 Å². The highest BCUT2D eigenvalue weighted by Gasteiger charge is 2.36. The molecule has 0 radical (unpaired) electrons. The summed E-state index contributed by atoms with van der Waals surface area (Å²) in [7, 11) is 0. The predicted octanol–water partition coefficient (Wildman–Crippen LogP) is 5.43. The Hall–Kier alpha value is -1.35. The van der Waals surface area contributed by atoms with Crippen molar-refractivity contribution in [2.75, 3.05) is 0 Å².